The highest BCUT2D eigenvalue weighted by Crippen LogP contribution is 2.12. The second kappa shape index (κ2) is 5.85. The Morgan fingerprint density at radius 3 is 2.31 bits per heavy atom. The molecule has 0 spiro atoms. The highest BCUT2D eigenvalue weighted by molar-refractivity contribution is 7.97. The number of nitrogens with two attached hydrogens (primary N) is 1. The fourth-order valence-corrected chi connectivity index (χ4v) is 1.08. The molecule has 0 radical (unpaired) electrons. The molecule has 0 amide bonds. The van der Waals surface area contributed by atoms with E-state index in [9.17, 15) is 4.79 Å². The van der Waals surface area contributed by atoms with E-state index in [1.54, 1.807) is 24.3 Å². The van der Waals surface area contributed by atoms with Gasteiger partial charge < -0.3 is 4.74 Å². The Labute approximate surface area is 87.2 Å². The average molecular weight is 220 g/mol. The third kappa shape index (κ3) is 3.26. The first kappa shape index (κ1) is 12.3. The summed E-state index contributed by atoms with van der Waals surface area (Å²) >= 11 is 1.14. The molecule has 0 atom stereocenters. The summed E-state index contributed by atoms with van der Waals surface area (Å²) in [5.74, 6) is -0.330. The maximum Gasteiger partial charge on any atom is 0.337 e. The number of esters is 1. The number of halogens is 1. The van der Waals surface area contributed by atoms with E-state index in [-0.39, 0.29) is 18.4 Å². The van der Waals surface area contributed by atoms with Crippen molar-refractivity contribution in [3.8, 4) is 0 Å². The van der Waals surface area contributed by atoms with Crippen molar-refractivity contribution in [1.29, 1.82) is 0 Å². The summed E-state index contributed by atoms with van der Waals surface area (Å²) in [6, 6.07) is 6.91. The molecular weight excluding hydrogens is 210 g/mol. The van der Waals surface area contributed by atoms with Crippen LogP contribution in [0.3, 0.4) is 0 Å². The Kier molecular flexibility index (Phi) is 5.53. The van der Waals surface area contributed by atoms with Gasteiger partial charge >= 0.3 is 5.97 Å². The molecule has 0 heterocycles. The maximum absolute atomic E-state index is 11.0. The summed E-state index contributed by atoms with van der Waals surface area (Å²) in [6.07, 6.45) is 0. The van der Waals surface area contributed by atoms with E-state index in [1.165, 1.54) is 7.11 Å². The van der Waals surface area contributed by atoms with Crippen molar-refractivity contribution >= 4 is 30.3 Å². The largest absolute Gasteiger partial charge is 0.465 e. The smallest absolute Gasteiger partial charge is 0.337 e. The molecule has 0 aliphatic carbocycles. The van der Waals surface area contributed by atoms with E-state index >= 15 is 0 Å². The minimum absolute atomic E-state index is 0. The molecule has 0 aliphatic heterocycles. The van der Waals surface area contributed by atoms with Gasteiger partial charge in [-0.3, -0.25) is 5.14 Å². The molecule has 0 saturated carbocycles. The first-order valence-corrected chi connectivity index (χ1v) is 4.21. The fraction of sp³-hybridized carbons (Fsp3) is 0.125. The zero-order chi connectivity index (χ0) is 8.97. The standard InChI is InChI=1S/C8H9NO2S.ClH/c1-11-8(10)6-2-4-7(12-9)5-3-6;/h2-5H,9H2,1H3;1H. The normalized spacial score (nSPS) is 8.77. The highest BCUT2D eigenvalue weighted by atomic mass is 35.5. The van der Waals surface area contributed by atoms with Gasteiger partial charge in [-0.2, -0.15) is 0 Å². The number of rotatable bonds is 2. The lowest BCUT2D eigenvalue weighted by Gasteiger charge is -1.99. The minimum Gasteiger partial charge on any atom is -0.465 e. The predicted molar refractivity (Wildman–Crippen MR) is 55.1 cm³/mol. The van der Waals surface area contributed by atoms with Crippen LogP contribution in [-0.4, -0.2) is 13.1 Å². The molecule has 2 N–H and O–H groups in total. The molecule has 1 aromatic carbocycles. The third-order valence-corrected chi connectivity index (χ3v) is 1.96. The van der Waals surface area contributed by atoms with Crippen LogP contribution in [0.15, 0.2) is 29.2 Å². The third-order valence-electron chi connectivity index (χ3n) is 1.41. The van der Waals surface area contributed by atoms with Gasteiger partial charge in [-0.1, -0.05) is 0 Å². The minimum atomic E-state index is -0.330. The number of benzene rings is 1. The van der Waals surface area contributed by atoms with Crippen molar-refractivity contribution in [1.82, 2.24) is 0 Å². The van der Waals surface area contributed by atoms with Gasteiger partial charge in [-0.05, 0) is 36.2 Å². The lowest BCUT2D eigenvalue weighted by molar-refractivity contribution is 0.0600. The number of carbonyl (C=O) groups excluding carboxylic acids is 1. The van der Waals surface area contributed by atoms with Gasteiger partial charge in [0.25, 0.3) is 0 Å². The average Bonchev–Trinajstić information content (AvgIpc) is 2.17. The number of carbonyl (C=O) groups is 1. The van der Waals surface area contributed by atoms with Crippen LogP contribution < -0.4 is 5.14 Å². The van der Waals surface area contributed by atoms with E-state index in [2.05, 4.69) is 4.74 Å². The van der Waals surface area contributed by atoms with Crippen molar-refractivity contribution in [2.24, 2.45) is 5.14 Å². The van der Waals surface area contributed by atoms with Crippen molar-refractivity contribution in [3.63, 3.8) is 0 Å². The molecular formula is C8H10ClNO2S. The summed E-state index contributed by atoms with van der Waals surface area (Å²) in [5, 5.41) is 5.31. The van der Waals surface area contributed by atoms with Crippen molar-refractivity contribution in [2.45, 2.75) is 4.90 Å². The summed E-state index contributed by atoms with van der Waals surface area (Å²) < 4.78 is 4.53. The molecule has 3 nitrogen and oxygen atoms in total. The Bertz CT molecular complexity index is 276. The van der Waals surface area contributed by atoms with Gasteiger partial charge in [0.05, 0.1) is 12.7 Å². The molecule has 1 aromatic rings. The lowest BCUT2D eigenvalue weighted by Crippen LogP contribution is -2.00. The maximum atomic E-state index is 11.0. The summed E-state index contributed by atoms with van der Waals surface area (Å²) in [5.41, 5.74) is 0.537. The van der Waals surface area contributed by atoms with Gasteiger partial charge in [-0.25, -0.2) is 4.79 Å². The predicted octanol–water partition coefficient (Wildman–Crippen LogP) is 1.86. The molecule has 0 saturated heterocycles. The zero-order valence-electron chi connectivity index (χ0n) is 7.02. The van der Waals surface area contributed by atoms with Crippen LogP contribution in [0.25, 0.3) is 0 Å². The first-order chi connectivity index (χ1) is 5.77. The number of methoxy groups -OCH3 is 1. The van der Waals surface area contributed by atoms with Gasteiger partial charge in [-0.15, -0.1) is 12.4 Å². The Morgan fingerprint density at radius 1 is 1.38 bits per heavy atom. The Morgan fingerprint density at radius 2 is 1.92 bits per heavy atom. The molecule has 0 aliphatic rings. The fourth-order valence-electron chi connectivity index (χ4n) is 0.787. The van der Waals surface area contributed by atoms with Gasteiger partial charge in [0, 0.05) is 4.90 Å². The zero-order valence-corrected chi connectivity index (χ0v) is 8.65. The van der Waals surface area contributed by atoms with Crippen LogP contribution in [0, 0.1) is 0 Å². The molecule has 5 heteroatoms. The van der Waals surface area contributed by atoms with Crippen LogP contribution in [0.1, 0.15) is 10.4 Å². The number of hydrogen-bond donors (Lipinski definition) is 1. The lowest BCUT2D eigenvalue weighted by atomic mass is 10.2. The van der Waals surface area contributed by atoms with E-state index in [4.69, 9.17) is 5.14 Å². The van der Waals surface area contributed by atoms with Crippen LogP contribution in [-0.2, 0) is 4.74 Å². The van der Waals surface area contributed by atoms with Crippen LogP contribution >= 0.6 is 24.4 Å². The molecule has 0 bridgehead atoms. The second-order valence-corrected chi connectivity index (χ2v) is 2.84. The van der Waals surface area contributed by atoms with Crippen molar-refractivity contribution in [2.75, 3.05) is 7.11 Å². The molecule has 0 fully saturated rings. The van der Waals surface area contributed by atoms with E-state index in [1.807, 2.05) is 0 Å². The van der Waals surface area contributed by atoms with Crippen molar-refractivity contribution in [3.05, 3.63) is 29.8 Å². The highest BCUT2D eigenvalue weighted by Gasteiger charge is 2.03. The molecule has 0 aromatic heterocycles. The van der Waals surface area contributed by atoms with Gasteiger partial charge in [0.2, 0.25) is 0 Å². The SMILES string of the molecule is COC(=O)c1ccc(SN)cc1.Cl. The summed E-state index contributed by atoms with van der Waals surface area (Å²) in [4.78, 5) is 11.9. The summed E-state index contributed by atoms with van der Waals surface area (Å²) in [7, 11) is 1.36. The quantitative estimate of drug-likeness (QED) is 0.610. The molecule has 1 rings (SSSR count). The molecule has 72 valence electrons. The number of hydrogen-bond acceptors (Lipinski definition) is 4. The van der Waals surface area contributed by atoms with Gasteiger partial charge in [0.15, 0.2) is 0 Å². The Balaban J connectivity index is 0.00000144. The number of ether oxygens (including phenoxy) is 1. The van der Waals surface area contributed by atoms with E-state index < -0.39 is 0 Å². The Hall–Kier alpha value is -0.710. The van der Waals surface area contributed by atoms with Crippen LogP contribution in [0.4, 0.5) is 0 Å². The second-order valence-electron chi connectivity index (χ2n) is 2.13. The molecule has 13 heavy (non-hydrogen) atoms. The van der Waals surface area contributed by atoms with Gasteiger partial charge in [0.1, 0.15) is 0 Å². The van der Waals surface area contributed by atoms with Crippen molar-refractivity contribution < 1.29 is 9.53 Å². The van der Waals surface area contributed by atoms with Crippen LogP contribution in [0.5, 0.6) is 0 Å². The van der Waals surface area contributed by atoms with E-state index in [0.29, 0.717) is 5.56 Å². The molecule has 0 unspecified atom stereocenters. The topological polar surface area (TPSA) is 52.3 Å². The summed E-state index contributed by atoms with van der Waals surface area (Å²) in [6.45, 7) is 0. The van der Waals surface area contributed by atoms with E-state index in [0.717, 1.165) is 16.8 Å². The first-order valence-electron chi connectivity index (χ1n) is 3.33. The monoisotopic (exact) mass is 219 g/mol. The van der Waals surface area contributed by atoms with Crippen LogP contribution in [0.2, 0.25) is 0 Å².